The Balaban J connectivity index is 0.912. The number of ether oxygens (including phenoxy) is 1. The summed E-state index contributed by atoms with van der Waals surface area (Å²) in [6.07, 6.45) is 36.1. The topological polar surface area (TPSA) is 59.7 Å². The van der Waals surface area contributed by atoms with E-state index >= 15 is 0 Å². The number of unbranched alkanes of at least 4 members (excludes halogenated alkanes) is 16. The fraction of sp³-hybridized carbons (Fsp3) is 0.825. The molecule has 0 aliphatic heterocycles. The van der Waals surface area contributed by atoms with Crippen molar-refractivity contribution in [2.75, 3.05) is 6.61 Å². The third-order valence-electron chi connectivity index (χ3n) is 12.7. The molecular weight excluding hydrogens is 544 g/mol. The monoisotopic (exact) mass is 608 g/mol. The second kappa shape index (κ2) is 15.8. The van der Waals surface area contributed by atoms with E-state index in [-0.39, 0.29) is 29.3 Å². The van der Waals surface area contributed by atoms with Gasteiger partial charge in [0.25, 0.3) is 0 Å². The van der Waals surface area contributed by atoms with Gasteiger partial charge in [0.05, 0.1) is 6.26 Å². The number of hydrogen-bond acceptors (Lipinski definition) is 4. The molecule has 0 amide bonds. The zero-order chi connectivity index (χ0) is 30.9. The van der Waals surface area contributed by atoms with Gasteiger partial charge in [-0.3, -0.25) is 4.79 Å². The summed E-state index contributed by atoms with van der Waals surface area (Å²) >= 11 is 0. The maximum absolute atomic E-state index is 12.7. The number of furan rings is 1. The molecule has 3 saturated carbocycles. The van der Waals surface area contributed by atoms with E-state index in [9.17, 15) is 9.90 Å². The minimum atomic E-state index is -0.860. The number of carbonyl (C=O) groups is 1. The molecule has 4 heteroatoms. The summed E-state index contributed by atoms with van der Waals surface area (Å²) in [5, 5.41) is 11.9. The molecular formula is C40H64O4. The van der Waals surface area contributed by atoms with Crippen molar-refractivity contribution in [3.8, 4) is 0 Å². The number of rotatable bonds is 20. The molecule has 1 heterocycles. The lowest BCUT2D eigenvalue weighted by Gasteiger charge is -2.58. The molecule has 3 fully saturated rings. The Morgan fingerprint density at radius 3 is 2.14 bits per heavy atom. The average molecular weight is 609 g/mol. The zero-order valence-electron chi connectivity index (χ0n) is 28.4. The first-order valence-electron chi connectivity index (χ1n) is 19.0. The van der Waals surface area contributed by atoms with Crippen LogP contribution >= 0.6 is 0 Å². The van der Waals surface area contributed by atoms with E-state index in [2.05, 4.69) is 32.1 Å². The molecule has 1 aromatic rings. The average Bonchev–Trinajstić information content (AvgIpc) is 3.57. The Bertz CT molecular complexity index is 1060. The molecule has 248 valence electrons. The van der Waals surface area contributed by atoms with Crippen molar-refractivity contribution in [2.24, 2.45) is 22.7 Å². The molecule has 5 rings (SSSR count). The predicted molar refractivity (Wildman–Crippen MR) is 180 cm³/mol. The van der Waals surface area contributed by atoms with Crippen molar-refractivity contribution < 1.29 is 19.1 Å². The van der Waals surface area contributed by atoms with Crippen LogP contribution in [0.1, 0.15) is 185 Å². The Labute approximate surface area is 269 Å². The van der Waals surface area contributed by atoms with E-state index in [1.165, 1.54) is 102 Å². The number of allylic oxidation sites excluding steroid dienone is 1. The fourth-order valence-electron chi connectivity index (χ4n) is 10.3. The van der Waals surface area contributed by atoms with Crippen LogP contribution in [0.5, 0.6) is 0 Å². The first kappa shape index (κ1) is 33.8. The molecule has 2 bridgehead atoms. The summed E-state index contributed by atoms with van der Waals surface area (Å²) in [4.78, 5) is 12.7. The molecule has 1 aromatic heterocycles. The van der Waals surface area contributed by atoms with Crippen LogP contribution in [0, 0.1) is 22.7 Å². The number of hydrogen-bond donors (Lipinski definition) is 1. The van der Waals surface area contributed by atoms with Gasteiger partial charge in [-0.2, -0.15) is 0 Å². The van der Waals surface area contributed by atoms with Crippen LogP contribution in [0.25, 0.3) is 6.08 Å². The molecule has 0 radical (unpaired) electrons. The SMILES string of the molecule is CCCCCCCCCCCCCCCCCCCC(=O)OC[C@@]1(O)C[C@@]23CC[C@@H]4c5ccoc5C=C[C@@]4(C)[C@@H]2CC[C@@H]1C3. The molecule has 4 aliphatic carbocycles. The largest absolute Gasteiger partial charge is 0.465 e. The van der Waals surface area contributed by atoms with Gasteiger partial charge in [0.1, 0.15) is 18.0 Å². The van der Waals surface area contributed by atoms with E-state index in [1.54, 1.807) is 0 Å². The Kier molecular flexibility index (Phi) is 12.2. The third kappa shape index (κ3) is 7.87. The van der Waals surface area contributed by atoms with Crippen molar-refractivity contribution in [1.29, 1.82) is 0 Å². The van der Waals surface area contributed by atoms with E-state index in [0.29, 0.717) is 18.3 Å². The predicted octanol–water partition coefficient (Wildman–Crippen LogP) is 11.3. The van der Waals surface area contributed by atoms with Crippen LogP contribution in [-0.4, -0.2) is 23.3 Å². The fourth-order valence-corrected chi connectivity index (χ4v) is 10.3. The van der Waals surface area contributed by atoms with Gasteiger partial charge in [0.2, 0.25) is 0 Å². The van der Waals surface area contributed by atoms with Gasteiger partial charge < -0.3 is 14.3 Å². The van der Waals surface area contributed by atoms with Gasteiger partial charge >= 0.3 is 5.97 Å². The van der Waals surface area contributed by atoms with Crippen LogP contribution in [0.3, 0.4) is 0 Å². The minimum absolute atomic E-state index is 0.106. The molecule has 4 aliphatic rings. The standard InChI is InChI=1S/C40H64O4/c1-3-4-5-6-7-8-9-10-11-12-13-14-15-16-17-18-19-20-37(41)44-31-40(42)30-39-27-23-34-33-25-28-43-35(33)24-26-38(34,2)36(39)22-21-32(40)29-39/h24-26,28,32,34,36,42H,3-23,27,29-31H2,1-2H3/t32-,34-,36+,38-,39+,40+/m1/s1. The molecule has 4 nitrogen and oxygen atoms in total. The summed E-state index contributed by atoms with van der Waals surface area (Å²) in [6.45, 7) is 4.92. The maximum atomic E-state index is 12.7. The summed E-state index contributed by atoms with van der Waals surface area (Å²) in [7, 11) is 0. The normalized spacial score (nSPS) is 31.8. The van der Waals surface area contributed by atoms with Crippen molar-refractivity contribution >= 4 is 12.0 Å². The lowest BCUT2D eigenvalue weighted by Crippen LogP contribution is -2.49. The third-order valence-corrected chi connectivity index (χ3v) is 12.7. The Morgan fingerprint density at radius 1 is 0.886 bits per heavy atom. The van der Waals surface area contributed by atoms with E-state index < -0.39 is 5.60 Å². The van der Waals surface area contributed by atoms with Crippen molar-refractivity contribution in [3.05, 3.63) is 29.7 Å². The smallest absolute Gasteiger partial charge is 0.305 e. The second-order valence-electron chi connectivity index (χ2n) is 15.8. The minimum Gasteiger partial charge on any atom is -0.465 e. The lowest BCUT2D eigenvalue weighted by atomic mass is 9.46. The highest BCUT2D eigenvalue weighted by molar-refractivity contribution is 5.69. The van der Waals surface area contributed by atoms with Gasteiger partial charge in [0, 0.05) is 12.0 Å². The van der Waals surface area contributed by atoms with Crippen molar-refractivity contribution in [1.82, 2.24) is 0 Å². The summed E-state index contributed by atoms with van der Waals surface area (Å²) in [6, 6.07) is 2.18. The van der Waals surface area contributed by atoms with Gasteiger partial charge in [-0.1, -0.05) is 123 Å². The maximum Gasteiger partial charge on any atom is 0.305 e. The van der Waals surface area contributed by atoms with Gasteiger partial charge in [-0.25, -0.2) is 0 Å². The first-order chi connectivity index (χ1) is 21.4. The first-order valence-corrected chi connectivity index (χ1v) is 19.0. The van der Waals surface area contributed by atoms with Crippen LogP contribution in [0.2, 0.25) is 0 Å². The Morgan fingerprint density at radius 2 is 1.50 bits per heavy atom. The quantitative estimate of drug-likeness (QED) is 0.118. The summed E-state index contributed by atoms with van der Waals surface area (Å²) in [5.74, 6) is 2.23. The molecule has 1 spiro atoms. The van der Waals surface area contributed by atoms with E-state index in [0.717, 1.165) is 57.1 Å². The second-order valence-corrected chi connectivity index (χ2v) is 15.8. The summed E-state index contributed by atoms with van der Waals surface area (Å²) in [5.41, 5.74) is 0.781. The van der Waals surface area contributed by atoms with Crippen LogP contribution < -0.4 is 0 Å². The highest BCUT2D eigenvalue weighted by Crippen LogP contribution is 2.71. The van der Waals surface area contributed by atoms with Crippen LogP contribution in [0.4, 0.5) is 0 Å². The molecule has 44 heavy (non-hydrogen) atoms. The zero-order valence-corrected chi connectivity index (χ0v) is 28.4. The molecule has 1 N–H and O–H groups in total. The van der Waals surface area contributed by atoms with Crippen molar-refractivity contribution in [2.45, 2.75) is 179 Å². The van der Waals surface area contributed by atoms with Gasteiger partial charge in [0.15, 0.2) is 0 Å². The number of aliphatic hydroxyl groups is 1. The highest BCUT2D eigenvalue weighted by atomic mass is 16.5. The lowest BCUT2D eigenvalue weighted by molar-refractivity contribution is -0.154. The molecule has 6 atom stereocenters. The van der Waals surface area contributed by atoms with Crippen LogP contribution in [0.15, 0.2) is 22.8 Å². The highest BCUT2D eigenvalue weighted by Gasteiger charge is 2.65. The summed E-state index contributed by atoms with van der Waals surface area (Å²) < 4.78 is 11.5. The molecule has 0 unspecified atom stereocenters. The number of carbonyl (C=O) groups excluding carboxylic acids is 1. The van der Waals surface area contributed by atoms with Crippen LogP contribution in [-0.2, 0) is 9.53 Å². The Hall–Kier alpha value is -1.55. The number of esters is 1. The van der Waals surface area contributed by atoms with Gasteiger partial charge in [-0.05, 0) is 85.7 Å². The number of fused-ring (bicyclic) bond motifs is 5. The van der Waals surface area contributed by atoms with E-state index in [4.69, 9.17) is 9.15 Å². The van der Waals surface area contributed by atoms with Crippen molar-refractivity contribution in [3.63, 3.8) is 0 Å². The van der Waals surface area contributed by atoms with E-state index in [1.807, 2.05) is 6.26 Å². The molecule has 0 saturated heterocycles. The van der Waals surface area contributed by atoms with Gasteiger partial charge in [-0.15, -0.1) is 0 Å². The molecule has 0 aromatic carbocycles.